The molecule has 1 spiro atoms. The number of piperidine rings is 1. The Morgan fingerprint density at radius 2 is 1.70 bits per heavy atom. The summed E-state index contributed by atoms with van der Waals surface area (Å²) in [5.74, 6) is -0.101. The molecule has 6 nitrogen and oxygen atoms in total. The fourth-order valence-corrected chi connectivity index (χ4v) is 4.54. The van der Waals surface area contributed by atoms with Gasteiger partial charge in [-0.15, -0.1) is 0 Å². The Hall–Kier alpha value is -2.22. The molecule has 158 valence electrons. The van der Waals surface area contributed by atoms with Gasteiger partial charge in [0.1, 0.15) is 5.54 Å². The molecule has 1 unspecified atom stereocenters. The van der Waals surface area contributed by atoms with Crippen LogP contribution in [0.25, 0.3) is 0 Å². The molecule has 1 atom stereocenters. The van der Waals surface area contributed by atoms with E-state index in [-0.39, 0.29) is 18.0 Å². The molecule has 2 aromatic carbocycles. The summed E-state index contributed by atoms with van der Waals surface area (Å²) in [6.07, 6.45) is 2.14. The van der Waals surface area contributed by atoms with Crippen LogP contribution in [-0.4, -0.2) is 46.9 Å². The van der Waals surface area contributed by atoms with E-state index >= 15 is 0 Å². The van der Waals surface area contributed by atoms with Crippen molar-refractivity contribution in [3.05, 3.63) is 70.2 Å². The highest BCUT2D eigenvalue weighted by molar-refractivity contribution is 9.10. The zero-order valence-corrected chi connectivity index (χ0v) is 18.5. The van der Waals surface area contributed by atoms with E-state index in [1.165, 1.54) is 4.90 Å². The molecule has 3 N–H and O–H groups in total. The number of rotatable bonds is 6. The van der Waals surface area contributed by atoms with E-state index in [4.69, 9.17) is 5.73 Å². The first-order valence-electron chi connectivity index (χ1n) is 10.4. The Labute approximate surface area is 185 Å². The Balaban J connectivity index is 1.31. The number of hydrogen-bond donors (Lipinski definition) is 2. The normalized spacial score (nSPS) is 19.9. The number of urea groups is 1. The lowest BCUT2D eigenvalue weighted by molar-refractivity contribution is -0.133. The first-order chi connectivity index (χ1) is 14.5. The summed E-state index contributed by atoms with van der Waals surface area (Å²) in [6.45, 7) is 2.74. The zero-order chi connectivity index (χ0) is 21.1. The van der Waals surface area contributed by atoms with Gasteiger partial charge in [0.15, 0.2) is 0 Å². The van der Waals surface area contributed by atoms with Crippen molar-refractivity contribution in [1.82, 2.24) is 15.1 Å². The van der Waals surface area contributed by atoms with Gasteiger partial charge in [0.2, 0.25) is 0 Å². The SMILES string of the molecule is NC(CCN1CCC2(CC1)NC(=O)N(Cc1ccc(Br)cc1)C2=O)c1ccccc1. The van der Waals surface area contributed by atoms with Crippen molar-refractivity contribution in [3.63, 3.8) is 0 Å². The third-order valence-electron chi connectivity index (χ3n) is 6.19. The average molecular weight is 471 g/mol. The molecule has 2 saturated heterocycles. The van der Waals surface area contributed by atoms with Gasteiger partial charge in [0.05, 0.1) is 6.54 Å². The molecule has 0 aliphatic carbocycles. The standard InChI is InChI=1S/C23H27BrN4O2/c24-19-8-6-17(7-9-19)16-28-21(29)23(26-22(28)30)11-14-27(15-12-23)13-10-20(25)18-4-2-1-3-5-18/h1-9,20H,10-16,25H2,(H,26,30). The number of nitrogens with zero attached hydrogens (tertiary/aromatic N) is 2. The van der Waals surface area contributed by atoms with Crippen molar-refractivity contribution < 1.29 is 9.59 Å². The van der Waals surface area contributed by atoms with Crippen molar-refractivity contribution in [2.45, 2.75) is 37.4 Å². The molecule has 7 heteroatoms. The number of nitrogens with two attached hydrogens (primary N) is 1. The van der Waals surface area contributed by atoms with Crippen LogP contribution in [-0.2, 0) is 11.3 Å². The maximum Gasteiger partial charge on any atom is 0.325 e. The van der Waals surface area contributed by atoms with Crippen LogP contribution in [0.15, 0.2) is 59.1 Å². The molecule has 2 aromatic rings. The van der Waals surface area contributed by atoms with Crippen molar-refractivity contribution in [3.8, 4) is 0 Å². The van der Waals surface area contributed by atoms with E-state index in [0.29, 0.717) is 19.4 Å². The Morgan fingerprint density at radius 1 is 1.03 bits per heavy atom. The van der Waals surface area contributed by atoms with E-state index in [2.05, 4.69) is 38.3 Å². The Morgan fingerprint density at radius 3 is 2.37 bits per heavy atom. The Bertz CT molecular complexity index is 895. The van der Waals surface area contributed by atoms with Crippen LogP contribution in [0.3, 0.4) is 0 Å². The highest BCUT2D eigenvalue weighted by Crippen LogP contribution is 2.31. The molecular formula is C23H27BrN4O2. The van der Waals surface area contributed by atoms with Gasteiger partial charge >= 0.3 is 6.03 Å². The molecule has 0 aromatic heterocycles. The molecular weight excluding hydrogens is 444 g/mol. The molecule has 0 saturated carbocycles. The van der Waals surface area contributed by atoms with E-state index in [1.54, 1.807) is 0 Å². The zero-order valence-electron chi connectivity index (χ0n) is 16.9. The summed E-state index contributed by atoms with van der Waals surface area (Å²) in [4.78, 5) is 29.3. The van der Waals surface area contributed by atoms with Crippen LogP contribution in [0.5, 0.6) is 0 Å². The fraction of sp³-hybridized carbons (Fsp3) is 0.391. The van der Waals surface area contributed by atoms with Crippen molar-refractivity contribution in [1.29, 1.82) is 0 Å². The highest BCUT2D eigenvalue weighted by Gasteiger charge is 2.52. The number of hydrogen-bond acceptors (Lipinski definition) is 4. The average Bonchev–Trinajstić information content (AvgIpc) is 2.99. The maximum absolute atomic E-state index is 13.1. The number of carbonyl (C=O) groups excluding carboxylic acids is 2. The minimum absolute atomic E-state index is 0.0105. The number of amides is 3. The third kappa shape index (κ3) is 4.43. The van der Waals surface area contributed by atoms with Crippen LogP contribution in [0.2, 0.25) is 0 Å². The Kier molecular flexibility index (Phi) is 6.22. The van der Waals surface area contributed by atoms with Crippen LogP contribution in [0, 0.1) is 0 Å². The van der Waals surface area contributed by atoms with Crippen LogP contribution >= 0.6 is 15.9 Å². The number of halogens is 1. The first kappa shape index (κ1) is 21.0. The molecule has 2 aliphatic rings. The quantitative estimate of drug-likeness (QED) is 0.633. The van der Waals surface area contributed by atoms with Crippen LogP contribution < -0.4 is 11.1 Å². The minimum atomic E-state index is -0.759. The predicted molar refractivity (Wildman–Crippen MR) is 120 cm³/mol. The van der Waals surface area contributed by atoms with Gasteiger partial charge in [0, 0.05) is 23.6 Å². The molecule has 0 radical (unpaired) electrons. The van der Waals surface area contributed by atoms with Crippen LogP contribution in [0.4, 0.5) is 4.79 Å². The van der Waals surface area contributed by atoms with Crippen molar-refractivity contribution in [2.24, 2.45) is 5.73 Å². The molecule has 4 rings (SSSR count). The van der Waals surface area contributed by atoms with Gasteiger partial charge in [0.25, 0.3) is 5.91 Å². The summed E-state index contributed by atoms with van der Waals surface area (Å²) < 4.78 is 0.972. The third-order valence-corrected chi connectivity index (χ3v) is 6.72. The van der Waals surface area contributed by atoms with Gasteiger partial charge in [-0.3, -0.25) is 9.69 Å². The minimum Gasteiger partial charge on any atom is -0.324 e. The highest BCUT2D eigenvalue weighted by atomic mass is 79.9. The van der Waals surface area contributed by atoms with Gasteiger partial charge < -0.3 is 16.0 Å². The summed E-state index contributed by atoms with van der Waals surface area (Å²) in [6, 6.07) is 17.5. The first-order valence-corrected chi connectivity index (χ1v) is 11.2. The monoisotopic (exact) mass is 470 g/mol. The molecule has 0 bridgehead atoms. The lowest BCUT2D eigenvalue weighted by Gasteiger charge is -2.37. The summed E-state index contributed by atoms with van der Waals surface area (Å²) in [5.41, 5.74) is 7.64. The predicted octanol–water partition coefficient (Wildman–Crippen LogP) is 3.43. The molecule has 2 heterocycles. The molecule has 3 amide bonds. The maximum atomic E-state index is 13.1. The smallest absolute Gasteiger partial charge is 0.324 e. The number of likely N-dealkylation sites (tertiary alicyclic amines) is 1. The van der Waals surface area contributed by atoms with Gasteiger partial charge in [-0.1, -0.05) is 58.4 Å². The second-order valence-electron chi connectivity index (χ2n) is 8.18. The van der Waals surface area contributed by atoms with E-state index < -0.39 is 5.54 Å². The largest absolute Gasteiger partial charge is 0.325 e. The summed E-state index contributed by atoms with van der Waals surface area (Å²) in [5, 5.41) is 2.99. The lowest BCUT2D eigenvalue weighted by atomic mass is 9.87. The number of imide groups is 1. The van der Waals surface area contributed by atoms with Gasteiger partial charge in [-0.25, -0.2) is 4.79 Å². The molecule has 30 heavy (non-hydrogen) atoms. The summed E-state index contributed by atoms with van der Waals surface area (Å²) in [7, 11) is 0. The van der Waals surface area contributed by atoms with E-state index in [1.807, 2.05) is 42.5 Å². The van der Waals surface area contributed by atoms with Crippen molar-refractivity contribution in [2.75, 3.05) is 19.6 Å². The van der Waals surface area contributed by atoms with Crippen LogP contribution in [0.1, 0.15) is 36.4 Å². The number of carbonyl (C=O) groups is 2. The van der Waals surface area contributed by atoms with Gasteiger partial charge in [-0.05, 0) is 49.1 Å². The fourth-order valence-electron chi connectivity index (χ4n) is 4.28. The second kappa shape index (κ2) is 8.88. The summed E-state index contributed by atoms with van der Waals surface area (Å²) >= 11 is 3.41. The van der Waals surface area contributed by atoms with Crippen molar-refractivity contribution >= 4 is 27.9 Å². The van der Waals surface area contributed by atoms with E-state index in [9.17, 15) is 9.59 Å². The van der Waals surface area contributed by atoms with Gasteiger partial charge in [-0.2, -0.15) is 0 Å². The van der Waals surface area contributed by atoms with E-state index in [0.717, 1.165) is 41.7 Å². The number of benzene rings is 2. The topological polar surface area (TPSA) is 78.7 Å². The second-order valence-corrected chi connectivity index (χ2v) is 9.09. The lowest BCUT2D eigenvalue weighted by Crippen LogP contribution is -2.55. The molecule has 2 fully saturated rings. The number of nitrogens with one attached hydrogen (secondary N) is 1. The molecule has 2 aliphatic heterocycles.